The van der Waals surface area contributed by atoms with Gasteiger partial charge in [-0.05, 0) is 12.3 Å². The summed E-state index contributed by atoms with van der Waals surface area (Å²) in [5, 5.41) is 0. The van der Waals surface area contributed by atoms with Gasteiger partial charge in [-0.15, -0.1) is 0 Å². The minimum atomic E-state index is 0.522. The summed E-state index contributed by atoms with van der Waals surface area (Å²) in [7, 11) is 0. The highest BCUT2D eigenvalue weighted by Crippen LogP contribution is 2.13. The number of aliphatic imine (C=N–C) groups is 1. The number of nitrogens with zero attached hydrogens (tertiary/aromatic N) is 1. The van der Waals surface area contributed by atoms with Crippen molar-refractivity contribution in [3.63, 3.8) is 0 Å². The summed E-state index contributed by atoms with van der Waals surface area (Å²) >= 11 is 0. The summed E-state index contributed by atoms with van der Waals surface area (Å²) in [5.74, 6) is 0.750. The van der Waals surface area contributed by atoms with Gasteiger partial charge in [0.2, 0.25) is 0 Å². The molecule has 58 valence electrons. The second-order valence-corrected chi connectivity index (χ2v) is 3.20. The van der Waals surface area contributed by atoms with Gasteiger partial charge in [0.25, 0.3) is 0 Å². The monoisotopic (exact) mass is 141 g/mol. The van der Waals surface area contributed by atoms with Crippen molar-refractivity contribution >= 4 is 6.40 Å². The van der Waals surface area contributed by atoms with Gasteiger partial charge in [0.1, 0.15) is 0 Å². The van der Waals surface area contributed by atoms with Gasteiger partial charge >= 0.3 is 0 Å². The maximum absolute atomic E-state index is 4.99. The Balaban J connectivity index is 2.26. The molecule has 0 aromatic heterocycles. The van der Waals surface area contributed by atoms with Crippen LogP contribution in [-0.2, 0) is 4.74 Å². The molecule has 1 heterocycles. The molecule has 0 amide bonds. The van der Waals surface area contributed by atoms with E-state index in [-0.39, 0.29) is 0 Å². The largest absolute Gasteiger partial charge is 0.483 e. The van der Waals surface area contributed by atoms with Gasteiger partial charge in [0, 0.05) is 6.42 Å². The van der Waals surface area contributed by atoms with Gasteiger partial charge in [-0.1, -0.05) is 13.8 Å². The van der Waals surface area contributed by atoms with Crippen LogP contribution >= 0.6 is 0 Å². The highest BCUT2D eigenvalue weighted by atomic mass is 16.5. The smallest absolute Gasteiger partial charge is 0.169 e. The quantitative estimate of drug-likeness (QED) is 0.575. The fraction of sp³-hybridized carbons (Fsp3) is 0.875. The molecule has 2 heteroatoms. The van der Waals surface area contributed by atoms with Crippen molar-refractivity contribution in [2.24, 2.45) is 10.9 Å². The van der Waals surface area contributed by atoms with E-state index in [1.54, 1.807) is 6.40 Å². The topological polar surface area (TPSA) is 21.6 Å². The van der Waals surface area contributed by atoms with E-state index in [4.69, 9.17) is 4.74 Å². The average molecular weight is 141 g/mol. The lowest BCUT2D eigenvalue weighted by molar-refractivity contribution is 0.263. The van der Waals surface area contributed by atoms with Gasteiger partial charge < -0.3 is 4.74 Å². The molecule has 0 aliphatic carbocycles. The van der Waals surface area contributed by atoms with Crippen molar-refractivity contribution in [2.75, 3.05) is 6.61 Å². The third-order valence-electron chi connectivity index (χ3n) is 1.66. The van der Waals surface area contributed by atoms with E-state index in [0.717, 1.165) is 18.9 Å². The molecule has 1 rings (SSSR count). The first kappa shape index (κ1) is 7.58. The SMILES string of the molecule is CC(C)CC1CCOC=N1. The number of hydrogen-bond donors (Lipinski definition) is 0. The van der Waals surface area contributed by atoms with Crippen LogP contribution in [0.4, 0.5) is 0 Å². The molecule has 0 N–H and O–H groups in total. The van der Waals surface area contributed by atoms with Gasteiger partial charge in [-0.2, -0.15) is 0 Å². The van der Waals surface area contributed by atoms with Gasteiger partial charge in [-0.3, -0.25) is 4.99 Å². The van der Waals surface area contributed by atoms with E-state index in [1.807, 2.05) is 0 Å². The molecular weight excluding hydrogens is 126 g/mol. The van der Waals surface area contributed by atoms with E-state index < -0.39 is 0 Å². The van der Waals surface area contributed by atoms with Crippen LogP contribution in [0.25, 0.3) is 0 Å². The fourth-order valence-electron chi connectivity index (χ4n) is 1.18. The zero-order chi connectivity index (χ0) is 7.40. The Morgan fingerprint density at radius 1 is 1.70 bits per heavy atom. The zero-order valence-electron chi connectivity index (χ0n) is 6.71. The van der Waals surface area contributed by atoms with E-state index in [1.165, 1.54) is 6.42 Å². The molecule has 0 aromatic rings. The molecule has 0 saturated carbocycles. The predicted octanol–water partition coefficient (Wildman–Crippen LogP) is 1.85. The molecule has 0 spiro atoms. The summed E-state index contributed by atoms with van der Waals surface area (Å²) in [6, 6.07) is 0.522. The molecule has 1 unspecified atom stereocenters. The van der Waals surface area contributed by atoms with Crippen LogP contribution in [0.1, 0.15) is 26.7 Å². The van der Waals surface area contributed by atoms with Crippen molar-refractivity contribution in [1.29, 1.82) is 0 Å². The Bertz CT molecular complexity index is 120. The molecule has 2 nitrogen and oxygen atoms in total. The van der Waals surface area contributed by atoms with Crippen LogP contribution in [0.5, 0.6) is 0 Å². The van der Waals surface area contributed by atoms with E-state index in [9.17, 15) is 0 Å². The standard InChI is InChI=1S/C8H15NO/c1-7(2)5-8-3-4-10-6-9-8/h6-8H,3-5H2,1-2H3. The molecule has 10 heavy (non-hydrogen) atoms. The molecular formula is C8H15NO. The molecule has 1 aliphatic rings. The highest BCUT2D eigenvalue weighted by molar-refractivity contribution is 5.47. The summed E-state index contributed by atoms with van der Waals surface area (Å²) in [5.41, 5.74) is 0. The van der Waals surface area contributed by atoms with E-state index >= 15 is 0 Å². The summed E-state index contributed by atoms with van der Waals surface area (Å²) < 4.78 is 4.99. The Kier molecular flexibility index (Phi) is 2.72. The molecule has 1 aliphatic heterocycles. The molecule has 1 atom stereocenters. The van der Waals surface area contributed by atoms with Crippen LogP contribution in [0.15, 0.2) is 4.99 Å². The predicted molar refractivity (Wildman–Crippen MR) is 42.3 cm³/mol. The number of hydrogen-bond acceptors (Lipinski definition) is 2. The number of ether oxygens (including phenoxy) is 1. The third-order valence-corrected chi connectivity index (χ3v) is 1.66. The van der Waals surface area contributed by atoms with E-state index in [0.29, 0.717) is 6.04 Å². The van der Waals surface area contributed by atoms with Gasteiger partial charge in [0.15, 0.2) is 6.40 Å². The van der Waals surface area contributed by atoms with E-state index in [2.05, 4.69) is 18.8 Å². The zero-order valence-corrected chi connectivity index (χ0v) is 6.71. The second-order valence-electron chi connectivity index (χ2n) is 3.20. The van der Waals surface area contributed by atoms with Crippen LogP contribution in [0.2, 0.25) is 0 Å². The molecule has 0 bridgehead atoms. The van der Waals surface area contributed by atoms with Crippen molar-refractivity contribution < 1.29 is 4.74 Å². The Morgan fingerprint density at radius 3 is 3.00 bits per heavy atom. The first-order valence-corrected chi connectivity index (χ1v) is 3.92. The Hall–Kier alpha value is -0.530. The van der Waals surface area contributed by atoms with Crippen molar-refractivity contribution in [2.45, 2.75) is 32.7 Å². The Labute approximate surface area is 62.3 Å². The maximum atomic E-state index is 4.99. The van der Waals surface area contributed by atoms with Crippen molar-refractivity contribution in [3.05, 3.63) is 0 Å². The molecule has 0 aromatic carbocycles. The van der Waals surface area contributed by atoms with Gasteiger partial charge in [0.05, 0.1) is 12.6 Å². The number of rotatable bonds is 2. The van der Waals surface area contributed by atoms with Crippen molar-refractivity contribution in [1.82, 2.24) is 0 Å². The average Bonchev–Trinajstić information content (AvgIpc) is 1.88. The first-order chi connectivity index (χ1) is 4.79. The minimum Gasteiger partial charge on any atom is -0.483 e. The Morgan fingerprint density at radius 2 is 2.50 bits per heavy atom. The highest BCUT2D eigenvalue weighted by Gasteiger charge is 2.11. The fourth-order valence-corrected chi connectivity index (χ4v) is 1.18. The molecule has 0 radical (unpaired) electrons. The lowest BCUT2D eigenvalue weighted by Crippen LogP contribution is -2.16. The minimum absolute atomic E-state index is 0.522. The van der Waals surface area contributed by atoms with Crippen LogP contribution in [0.3, 0.4) is 0 Å². The van der Waals surface area contributed by atoms with Crippen LogP contribution in [-0.4, -0.2) is 19.0 Å². The first-order valence-electron chi connectivity index (χ1n) is 3.92. The van der Waals surface area contributed by atoms with Crippen molar-refractivity contribution in [3.8, 4) is 0 Å². The van der Waals surface area contributed by atoms with Gasteiger partial charge in [-0.25, -0.2) is 0 Å². The summed E-state index contributed by atoms with van der Waals surface area (Å²) in [4.78, 5) is 4.22. The molecule has 0 fully saturated rings. The summed E-state index contributed by atoms with van der Waals surface area (Å²) in [6.07, 6.45) is 3.88. The van der Waals surface area contributed by atoms with Crippen LogP contribution in [0, 0.1) is 5.92 Å². The third kappa shape index (κ3) is 2.38. The summed E-state index contributed by atoms with van der Waals surface area (Å²) in [6.45, 7) is 5.30. The molecule has 0 saturated heterocycles. The maximum Gasteiger partial charge on any atom is 0.169 e. The second kappa shape index (κ2) is 3.59. The normalized spacial score (nSPS) is 24.9. The van der Waals surface area contributed by atoms with Crippen LogP contribution < -0.4 is 0 Å². The lowest BCUT2D eigenvalue weighted by atomic mass is 10.0. The lowest BCUT2D eigenvalue weighted by Gasteiger charge is -2.17.